The van der Waals surface area contributed by atoms with Crippen LogP contribution in [0.3, 0.4) is 0 Å². The summed E-state index contributed by atoms with van der Waals surface area (Å²) in [6.07, 6.45) is 4.49. The van der Waals surface area contributed by atoms with Crippen molar-refractivity contribution in [2.75, 3.05) is 0 Å². The van der Waals surface area contributed by atoms with Gasteiger partial charge in [-0.25, -0.2) is 4.79 Å². The molecule has 0 amide bonds. The van der Waals surface area contributed by atoms with Crippen molar-refractivity contribution in [2.24, 2.45) is 0 Å². The first-order valence-corrected chi connectivity index (χ1v) is 6.76. The van der Waals surface area contributed by atoms with Crippen molar-refractivity contribution in [3.8, 4) is 11.4 Å². The third kappa shape index (κ3) is 2.19. The summed E-state index contributed by atoms with van der Waals surface area (Å²) in [5.74, 6) is 0.153. The Hall–Kier alpha value is -2.17. The SMILES string of the molecule is CC1(c2nc(-c3cccc(C(=O)O)c3)no2)CCCC1. The summed E-state index contributed by atoms with van der Waals surface area (Å²) < 4.78 is 5.40. The predicted octanol–water partition coefficient (Wildman–Crippen LogP) is 3.27. The van der Waals surface area contributed by atoms with Crippen molar-refractivity contribution in [3.05, 3.63) is 35.7 Å². The molecule has 1 N–H and O–H groups in total. The second kappa shape index (κ2) is 4.74. The Morgan fingerprint density at radius 2 is 2.10 bits per heavy atom. The molecular weight excluding hydrogens is 256 g/mol. The summed E-state index contributed by atoms with van der Waals surface area (Å²) in [5, 5.41) is 13.0. The Balaban J connectivity index is 1.94. The lowest BCUT2D eigenvalue weighted by Crippen LogP contribution is -2.17. The molecule has 5 heteroatoms. The number of nitrogens with zero attached hydrogens (tertiary/aromatic N) is 2. The van der Waals surface area contributed by atoms with E-state index in [-0.39, 0.29) is 11.0 Å². The molecule has 3 rings (SSSR count). The van der Waals surface area contributed by atoms with E-state index in [2.05, 4.69) is 17.1 Å². The van der Waals surface area contributed by atoms with Gasteiger partial charge in [-0.2, -0.15) is 4.98 Å². The normalized spacial score (nSPS) is 17.2. The van der Waals surface area contributed by atoms with Crippen LogP contribution in [0.5, 0.6) is 0 Å². The van der Waals surface area contributed by atoms with E-state index in [0.29, 0.717) is 17.3 Å². The standard InChI is InChI=1S/C15H16N2O3/c1-15(7-2-3-8-15)14-16-12(17-20-14)10-5-4-6-11(9-10)13(18)19/h4-6,9H,2-3,7-8H2,1H3,(H,18,19). The van der Waals surface area contributed by atoms with E-state index >= 15 is 0 Å². The number of carboxylic acids is 1. The van der Waals surface area contributed by atoms with Crippen molar-refractivity contribution < 1.29 is 14.4 Å². The van der Waals surface area contributed by atoms with E-state index in [1.807, 2.05) is 0 Å². The van der Waals surface area contributed by atoms with E-state index in [1.54, 1.807) is 24.3 Å². The summed E-state index contributed by atoms with van der Waals surface area (Å²) in [5.41, 5.74) is 0.859. The summed E-state index contributed by atoms with van der Waals surface area (Å²) in [6, 6.07) is 6.59. The lowest BCUT2D eigenvalue weighted by atomic mass is 9.89. The fraction of sp³-hybridized carbons (Fsp3) is 0.400. The molecule has 1 saturated carbocycles. The van der Waals surface area contributed by atoms with Crippen LogP contribution in [0.25, 0.3) is 11.4 Å². The monoisotopic (exact) mass is 272 g/mol. The van der Waals surface area contributed by atoms with Gasteiger partial charge in [0.25, 0.3) is 0 Å². The van der Waals surface area contributed by atoms with Gasteiger partial charge < -0.3 is 9.63 Å². The first-order chi connectivity index (χ1) is 9.58. The van der Waals surface area contributed by atoms with Gasteiger partial charge in [-0.3, -0.25) is 0 Å². The van der Waals surface area contributed by atoms with Gasteiger partial charge in [0.05, 0.1) is 5.56 Å². The molecule has 1 aliphatic carbocycles. The Bertz CT molecular complexity index is 642. The van der Waals surface area contributed by atoms with Gasteiger partial charge in [0, 0.05) is 11.0 Å². The summed E-state index contributed by atoms with van der Waals surface area (Å²) >= 11 is 0. The van der Waals surface area contributed by atoms with Crippen LogP contribution in [0, 0.1) is 0 Å². The van der Waals surface area contributed by atoms with E-state index in [9.17, 15) is 4.79 Å². The number of aromatic nitrogens is 2. The zero-order chi connectivity index (χ0) is 14.2. The minimum absolute atomic E-state index is 0.0321. The van der Waals surface area contributed by atoms with Crippen molar-refractivity contribution in [3.63, 3.8) is 0 Å². The molecule has 104 valence electrons. The maximum atomic E-state index is 11.0. The van der Waals surface area contributed by atoms with E-state index in [0.717, 1.165) is 12.8 Å². The smallest absolute Gasteiger partial charge is 0.335 e. The summed E-state index contributed by atoms with van der Waals surface area (Å²) in [7, 11) is 0. The van der Waals surface area contributed by atoms with Crippen LogP contribution in [0.15, 0.2) is 28.8 Å². The van der Waals surface area contributed by atoms with Crippen LogP contribution in [-0.2, 0) is 5.41 Å². The van der Waals surface area contributed by atoms with Gasteiger partial charge in [-0.15, -0.1) is 0 Å². The highest BCUT2D eigenvalue weighted by atomic mass is 16.5. The Morgan fingerprint density at radius 1 is 1.35 bits per heavy atom. The van der Waals surface area contributed by atoms with Crippen LogP contribution < -0.4 is 0 Å². The summed E-state index contributed by atoms with van der Waals surface area (Å²) in [6.45, 7) is 2.14. The quantitative estimate of drug-likeness (QED) is 0.928. The molecule has 2 aromatic rings. The maximum absolute atomic E-state index is 11.0. The van der Waals surface area contributed by atoms with Gasteiger partial charge in [-0.1, -0.05) is 37.1 Å². The van der Waals surface area contributed by atoms with E-state index in [4.69, 9.17) is 9.63 Å². The summed E-state index contributed by atoms with van der Waals surface area (Å²) in [4.78, 5) is 15.4. The van der Waals surface area contributed by atoms with E-state index < -0.39 is 5.97 Å². The van der Waals surface area contributed by atoms with Gasteiger partial charge >= 0.3 is 5.97 Å². The molecule has 1 aliphatic rings. The molecule has 0 aliphatic heterocycles. The zero-order valence-electron chi connectivity index (χ0n) is 11.3. The third-order valence-corrected chi connectivity index (χ3v) is 4.02. The molecule has 0 atom stereocenters. The van der Waals surface area contributed by atoms with Crippen LogP contribution >= 0.6 is 0 Å². The first kappa shape index (κ1) is 12.8. The topological polar surface area (TPSA) is 76.2 Å². The second-order valence-electron chi connectivity index (χ2n) is 5.58. The van der Waals surface area contributed by atoms with Gasteiger partial charge in [0.15, 0.2) is 0 Å². The lowest BCUT2D eigenvalue weighted by molar-refractivity contribution is 0.0697. The maximum Gasteiger partial charge on any atom is 0.335 e. The van der Waals surface area contributed by atoms with E-state index in [1.165, 1.54) is 12.8 Å². The van der Waals surface area contributed by atoms with Crippen molar-refractivity contribution >= 4 is 5.97 Å². The van der Waals surface area contributed by atoms with Crippen molar-refractivity contribution in [1.29, 1.82) is 0 Å². The average molecular weight is 272 g/mol. The predicted molar refractivity (Wildman–Crippen MR) is 72.5 cm³/mol. The average Bonchev–Trinajstić information content (AvgIpc) is 3.08. The molecule has 0 radical (unpaired) electrons. The minimum atomic E-state index is -0.960. The highest BCUT2D eigenvalue weighted by Crippen LogP contribution is 2.40. The van der Waals surface area contributed by atoms with Crippen molar-refractivity contribution in [2.45, 2.75) is 38.0 Å². The number of hydrogen-bond acceptors (Lipinski definition) is 4. The lowest BCUT2D eigenvalue weighted by Gasteiger charge is -2.16. The molecule has 0 saturated heterocycles. The zero-order valence-corrected chi connectivity index (χ0v) is 11.3. The van der Waals surface area contributed by atoms with Crippen LogP contribution in [0.1, 0.15) is 48.9 Å². The highest BCUT2D eigenvalue weighted by molar-refractivity contribution is 5.89. The molecule has 1 aromatic carbocycles. The van der Waals surface area contributed by atoms with Gasteiger partial charge in [-0.05, 0) is 25.0 Å². The minimum Gasteiger partial charge on any atom is -0.478 e. The molecule has 0 spiro atoms. The fourth-order valence-corrected chi connectivity index (χ4v) is 2.75. The fourth-order valence-electron chi connectivity index (χ4n) is 2.75. The highest BCUT2D eigenvalue weighted by Gasteiger charge is 2.36. The second-order valence-corrected chi connectivity index (χ2v) is 5.58. The Labute approximate surface area is 116 Å². The molecule has 1 heterocycles. The van der Waals surface area contributed by atoms with Crippen LogP contribution in [-0.4, -0.2) is 21.2 Å². The van der Waals surface area contributed by atoms with Crippen molar-refractivity contribution in [1.82, 2.24) is 10.1 Å². The van der Waals surface area contributed by atoms with Crippen LogP contribution in [0.4, 0.5) is 0 Å². The molecule has 0 bridgehead atoms. The van der Waals surface area contributed by atoms with Gasteiger partial charge in [0.1, 0.15) is 0 Å². The number of rotatable bonds is 3. The Kier molecular flexibility index (Phi) is 3.04. The number of benzene rings is 1. The molecule has 1 fully saturated rings. The number of aromatic carboxylic acids is 1. The van der Waals surface area contributed by atoms with Gasteiger partial charge in [0.2, 0.25) is 11.7 Å². The molecule has 0 unspecified atom stereocenters. The largest absolute Gasteiger partial charge is 0.478 e. The number of hydrogen-bond donors (Lipinski definition) is 1. The van der Waals surface area contributed by atoms with Crippen LogP contribution in [0.2, 0.25) is 0 Å². The molecular formula is C15H16N2O3. The number of carbonyl (C=O) groups is 1. The third-order valence-electron chi connectivity index (χ3n) is 4.02. The first-order valence-electron chi connectivity index (χ1n) is 6.76. The Morgan fingerprint density at radius 3 is 2.80 bits per heavy atom. The molecule has 1 aromatic heterocycles. The molecule has 5 nitrogen and oxygen atoms in total. The number of carboxylic acid groups (broad SMARTS) is 1. The molecule has 20 heavy (non-hydrogen) atoms.